The Balaban J connectivity index is 2.24. The summed E-state index contributed by atoms with van der Waals surface area (Å²) in [5.41, 5.74) is 0.672. The molecule has 2 rings (SSSR count). The number of benzene rings is 1. The van der Waals surface area contributed by atoms with E-state index in [0.717, 1.165) is 0 Å². The molecule has 1 heterocycles. The number of hydrogen-bond donors (Lipinski definition) is 2. The number of carbonyl (C=O) groups excluding carboxylic acids is 2. The van der Waals surface area contributed by atoms with Gasteiger partial charge in [0.2, 0.25) is 0 Å². The smallest absolute Gasteiger partial charge is 0.268 e. The van der Waals surface area contributed by atoms with Crippen molar-refractivity contribution in [1.82, 2.24) is 10.3 Å². The maximum atomic E-state index is 12.4. The summed E-state index contributed by atoms with van der Waals surface area (Å²) in [5, 5.41) is 3.56. The lowest BCUT2D eigenvalue weighted by molar-refractivity contribution is 0.0915. The van der Waals surface area contributed by atoms with Gasteiger partial charge in [-0.05, 0) is 45.0 Å². The zero-order chi connectivity index (χ0) is 16.5. The second-order valence-corrected chi connectivity index (χ2v) is 6.80. The van der Waals surface area contributed by atoms with E-state index < -0.39 is 0 Å². The fourth-order valence-corrected chi connectivity index (χ4v) is 2.39. The van der Waals surface area contributed by atoms with E-state index in [0.29, 0.717) is 21.8 Å². The van der Waals surface area contributed by atoms with Crippen LogP contribution in [0.4, 0.5) is 0 Å². The zero-order valence-corrected chi connectivity index (χ0v) is 14.0. The minimum Gasteiger partial charge on any atom is -0.356 e. The number of halogens is 2. The Labute approximate surface area is 138 Å². The number of nitrogens with one attached hydrogen (secondary N) is 2. The SMILES string of the molecule is CC(C)(C)NC(=O)c1cc(C(=O)c2ccc(Cl)cc2Cl)c[nH]1. The van der Waals surface area contributed by atoms with Crippen molar-refractivity contribution in [2.45, 2.75) is 26.3 Å². The second-order valence-electron chi connectivity index (χ2n) is 5.96. The molecule has 1 aromatic heterocycles. The summed E-state index contributed by atoms with van der Waals surface area (Å²) >= 11 is 11.9. The molecule has 2 N–H and O–H groups in total. The first kappa shape index (κ1) is 16.6. The first-order valence-corrected chi connectivity index (χ1v) is 7.43. The Bertz CT molecular complexity index is 730. The first-order valence-electron chi connectivity index (χ1n) is 6.68. The van der Waals surface area contributed by atoms with E-state index in [1.807, 2.05) is 20.8 Å². The molecule has 0 aliphatic rings. The summed E-state index contributed by atoms with van der Waals surface area (Å²) < 4.78 is 0. The maximum absolute atomic E-state index is 12.4. The molecule has 1 amide bonds. The van der Waals surface area contributed by atoms with E-state index in [2.05, 4.69) is 10.3 Å². The lowest BCUT2D eigenvalue weighted by Crippen LogP contribution is -2.40. The molecule has 1 aromatic carbocycles. The zero-order valence-electron chi connectivity index (χ0n) is 12.5. The van der Waals surface area contributed by atoms with E-state index in [4.69, 9.17) is 23.2 Å². The summed E-state index contributed by atoms with van der Waals surface area (Å²) in [7, 11) is 0. The van der Waals surface area contributed by atoms with Crippen LogP contribution >= 0.6 is 23.2 Å². The predicted molar refractivity (Wildman–Crippen MR) is 87.9 cm³/mol. The molecular formula is C16H16Cl2N2O2. The highest BCUT2D eigenvalue weighted by Crippen LogP contribution is 2.23. The minimum absolute atomic E-state index is 0.270. The monoisotopic (exact) mass is 338 g/mol. The molecule has 2 aromatic rings. The van der Waals surface area contributed by atoms with Gasteiger partial charge >= 0.3 is 0 Å². The minimum atomic E-state index is -0.355. The fourth-order valence-electron chi connectivity index (χ4n) is 1.89. The highest BCUT2D eigenvalue weighted by atomic mass is 35.5. The van der Waals surface area contributed by atoms with Crippen LogP contribution in [0, 0.1) is 0 Å². The van der Waals surface area contributed by atoms with Crippen LogP contribution in [-0.2, 0) is 0 Å². The first-order chi connectivity index (χ1) is 10.2. The van der Waals surface area contributed by atoms with Gasteiger partial charge in [-0.2, -0.15) is 0 Å². The average molecular weight is 339 g/mol. The van der Waals surface area contributed by atoms with Crippen LogP contribution in [-0.4, -0.2) is 22.2 Å². The van der Waals surface area contributed by atoms with Gasteiger partial charge < -0.3 is 10.3 Å². The van der Waals surface area contributed by atoms with E-state index in [9.17, 15) is 9.59 Å². The van der Waals surface area contributed by atoms with Gasteiger partial charge in [0, 0.05) is 27.9 Å². The fraction of sp³-hybridized carbons (Fsp3) is 0.250. The summed E-state index contributed by atoms with van der Waals surface area (Å²) in [6.07, 6.45) is 1.49. The van der Waals surface area contributed by atoms with Crippen LogP contribution in [0.25, 0.3) is 0 Å². The van der Waals surface area contributed by atoms with Gasteiger partial charge in [-0.25, -0.2) is 0 Å². The predicted octanol–water partition coefficient (Wildman–Crippen LogP) is 4.08. The van der Waals surface area contributed by atoms with E-state index in [1.54, 1.807) is 12.1 Å². The molecule has 0 saturated carbocycles. The number of rotatable bonds is 3. The third kappa shape index (κ3) is 3.90. The summed E-state index contributed by atoms with van der Waals surface area (Å²) in [5.74, 6) is -0.540. The molecule has 0 bridgehead atoms. The van der Waals surface area contributed by atoms with E-state index >= 15 is 0 Å². The number of amides is 1. The Kier molecular flexibility index (Phi) is 4.63. The number of aromatic nitrogens is 1. The number of H-pyrrole nitrogens is 1. The standard InChI is InChI=1S/C16H16Cl2N2O2/c1-16(2,3)20-15(22)13-6-9(8-19-13)14(21)11-5-4-10(17)7-12(11)18/h4-8,19H,1-3H3,(H,20,22). The van der Waals surface area contributed by atoms with Crippen molar-refractivity contribution < 1.29 is 9.59 Å². The molecule has 22 heavy (non-hydrogen) atoms. The van der Waals surface area contributed by atoms with E-state index in [1.165, 1.54) is 18.3 Å². The van der Waals surface area contributed by atoms with Crippen LogP contribution in [0.5, 0.6) is 0 Å². The van der Waals surface area contributed by atoms with Gasteiger partial charge in [-0.15, -0.1) is 0 Å². The Morgan fingerprint density at radius 2 is 1.82 bits per heavy atom. The Morgan fingerprint density at radius 3 is 2.41 bits per heavy atom. The lowest BCUT2D eigenvalue weighted by atomic mass is 10.1. The normalized spacial score (nSPS) is 11.3. The average Bonchev–Trinajstić information content (AvgIpc) is 2.85. The van der Waals surface area contributed by atoms with Gasteiger partial charge in [-0.3, -0.25) is 9.59 Å². The summed E-state index contributed by atoms with van der Waals surface area (Å²) in [6.45, 7) is 5.65. The van der Waals surface area contributed by atoms with Crippen LogP contribution in [0.2, 0.25) is 10.0 Å². The van der Waals surface area contributed by atoms with E-state index in [-0.39, 0.29) is 22.3 Å². The third-order valence-electron chi connectivity index (χ3n) is 2.85. The molecule has 6 heteroatoms. The summed E-state index contributed by atoms with van der Waals surface area (Å²) in [6, 6.07) is 6.18. The third-order valence-corrected chi connectivity index (χ3v) is 3.40. The van der Waals surface area contributed by atoms with Crippen molar-refractivity contribution in [3.8, 4) is 0 Å². The van der Waals surface area contributed by atoms with Crippen molar-refractivity contribution in [1.29, 1.82) is 0 Å². The van der Waals surface area contributed by atoms with Crippen LogP contribution in [0.3, 0.4) is 0 Å². The molecule has 0 atom stereocenters. The number of hydrogen-bond acceptors (Lipinski definition) is 2. The van der Waals surface area contributed by atoms with Crippen LogP contribution < -0.4 is 5.32 Å². The van der Waals surface area contributed by atoms with Gasteiger partial charge in [0.25, 0.3) is 5.91 Å². The Hall–Kier alpha value is -1.78. The van der Waals surface area contributed by atoms with Crippen molar-refractivity contribution in [2.75, 3.05) is 0 Å². The van der Waals surface area contributed by atoms with Crippen LogP contribution in [0.15, 0.2) is 30.5 Å². The Morgan fingerprint density at radius 1 is 1.14 bits per heavy atom. The number of ketones is 1. The molecule has 116 valence electrons. The van der Waals surface area contributed by atoms with Gasteiger partial charge in [0.1, 0.15) is 5.69 Å². The van der Waals surface area contributed by atoms with Crippen molar-refractivity contribution in [3.63, 3.8) is 0 Å². The highest BCUT2D eigenvalue weighted by Gasteiger charge is 2.19. The highest BCUT2D eigenvalue weighted by molar-refractivity contribution is 6.37. The quantitative estimate of drug-likeness (QED) is 0.828. The second kappa shape index (κ2) is 6.15. The summed E-state index contributed by atoms with van der Waals surface area (Å²) in [4.78, 5) is 27.3. The molecular weight excluding hydrogens is 323 g/mol. The molecule has 0 saturated heterocycles. The lowest BCUT2D eigenvalue weighted by Gasteiger charge is -2.19. The molecule has 4 nitrogen and oxygen atoms in total. The molecule has 0 unspecified atom stereocenters. The number of aromatic amines is 1. The van der Waals surface area contributed by atoms with Crippen molar-refractivity contribution in [2.24, 2.45) is 0 Å². The largest absolute Gasteiger partial charge is 0.356 e. The molecule has 0 fully saturated rings. The molecule has 0 radical (unpaired) electrons. The van der Waals surface area contributed by atoms with Crippen molar-refractivity contribution in [3.05, 3.63) is 57.3 Å². The van der Waals surface area contributed by atoms with Crippen molar-refractivity contribution >= 4 is 34.9 Å². The molecule has 0 aliphatic carbocycles. The van der Waals surface area contributed by atoms with Gasteiger partial charge in [0.05, 0.1) is 5.02 Å². The topological polar surface area (TPSA) is 62.0 Å². The maximum Gasteiger partial charge on any atom is 0.268 e. The molecule has 0 aliphatic heterocycles. The van der Waals surface area contributed by atoms with Crippen LogP contribution in [0.1, 0.15) is 47.2 Å². The van der Waals surface area contributed by atoms with Gasteiger partial charge in [-0.1, -0.05) is 23.2 Å². The number of carbonyl (C=O) groups is 2. The van der Waals surface area contributed by atoms with Gasteiger partial charge in [0.15, 0.2) is 5.78 Å². The molecule has 0 spiro atoms.